The Morgan fingerprint density at radius 3 is 2.43 bits per heavy atom. The molecule has 1 aliphatic heterocycles. The molecule has 1 aliphatic carbocycles. The summed E-state index contributed by atoms with van der Waals surface area (Å²) in [7, 11) is 0. The molecule has 0 aromatic heterocycles. The lowest BCUT2D eigenvalue weighted by Crippen LogP contribution is -2.37. The van der Waals surface area contributed by atoms with Crippen LogP contribution in [0.5, 0.6) is 0 Å². The smallest absolute Gasteiger partial charge is 0.303 e. The summed E-state index contributed by atoms with van der Waals surface area (Å²) < 4.78 is 0. The van der Waals surface area contributed by atoms with Crippen molar-refractivity contribution in [2.75, 3.05) is 11.4 Å². The molecule has 152 valence electrons. The first-order valence-electron chi connectivity index (χ1n) is 10.5. The number of carbonyl (C=O) groups is 3. The van der Waals surface area contributed by atoms with Crippen LogP contribution in [-0.2, 0) is 9.59 Å². The molecular weight excluding hydrogens is 356 g/mol. The zero-order valence-electron chi connectivity index (χ0n) is 16.4. The first-order valence-corrected chi connectivity index (χ1v) is 10.5. The van der Waals surface area contributed by atoms with Crippen LogP contribution in [0.15, 0.2) is 24.3 Å². The van der Waals surface area contributed by atoms with Gasteiger partial charge in [0, 0.05) is 36.7 Å². The lowest BCUT2D eigenvalue weighted by molar-refractivity contribution is -0.137. The number of amides is 2. The number of nitrogens with one attached hydrogen (secondary N) is 1. The SMILES string of the molecule is O=C(O)CCC(CC1CCCCC1)NC(=O)c1ccc(N2CCCC2=O)cc1. The molecule has 3 rings (SSSR count). The van der Waals surface area contributed by atoms with Crippen LogP contribution in [0.3, 0.4) is 0 Å². The van der Waals surface area contributed by atoms with Crippen molar-refractivity contribution in [3.63, 3.8) is 0 Å². The highest BCUT2D eigenvalue weighted by atomic mass is 16.4. The molecule has 6 heteroatoms. The molecule has 0 spiro atoms. The lowest BCUT2D eigenvalue weighted by atomic mass is 9.84. The van der Waals surface area contributed by atoms with E-state index in [9.17, 15) is 14.4 Å². The van der Waals surface area contributed by atoms with Crippen LogP contribution in [0.2, 0.25) is 0 Å². The number of carboxylic acid groups (broad SMARTS) is 1. The standard InChI is InChI=1S/C22H30N2O4/c25-20-7-4-14-24(20)19-11-8-17(9-12-19)22(28)23-18(10-13-21(26)27)15-16-5-2-1-3-6-16/h8-9,11-12,16,18H,1-7,10,13-15H2,(H,23,28)(H,26,27). The highest BCUT2D eigenvalue weighted by molar-refractivity contribution is 5.97. The molecule has 0 bridgehead atoms. The van der Waals surface area contributed by atoms with Crippen LogP contribution < -0.4 is 10.2 Å². The van der Waals surface area contributed by atoms with Gasteiger partial charge in [0.05, 0.1) is 0 Å². The Hall–Kier alpha value is -2.37. The predicted molar refractivity (Wildman–Crippen MR) is 107 cm³/mol. The Morgan fingerprint density at radius 2 is 1.82 bits per heavy atom. The molecule has 28 heavy (non-hydrogen) atoms. The molecule has 1 heterocycles. The average molecular weight is 386 g/mol. The third-order valence-electron chi connectivity index (χ3n) is 5.90. The fraction of sp³-hybridized carbons (Fsp3) is 0.591. The quantitative estimate of drug-likeness (QED) is 0.712. The molecule has 1 aromatic rings. The van der Waals surface area contributed by atoms with Crippen molar-refractivity contribution < 1.29 is 19.5 Å². The number of benzene rings is 1. The van der Waals surface area contributed by atoms with Crippen molar-refractivity contribution in [3.8, 4) is 0 Å². The van der Waals surface area contributed by atoms with E-state index in [-0.39, 0.29) is 24.3 Å². The van der Waals surface area contributed by atoms with Crippen molar-refractivity contribution in [2.24, 2.45) is 5.92 Å². The minimum absolute atomic E-state index is 0.0632. The van der Waals surface area contributed by atoms with E-state index in [1.807, 2.05) is 12.1 Å². The van der Waals surface area contributed by atoms with E-state index < -0.39 is 5.97 Å². The summed E-state index contributed by atoms with van der Waals surface area (Å²) in [6.45, 7) is 0.725. The topological polar surface area (TPSA) is 86.7 Å². The maximum atomic E-state index is 12.7. The summed E-state index contributed by atoms with van der Waals surface area (Å²) in [5.74, 6) is -0.317. The van der Waals surface area contributed by atoms with Crippen molar-refractivity contribution in [1.29, 1.82) is 0 Å². The van der Waals surface area contributed by atoms with Crippen molar-refractivity contribution in [3.05, 3.63) is 29.8 Å². The van der Waals surface area contributed by atoms with E-state index in [2.05, 4.69) is 5.32 Å². The summed E-state index contributed by atoms with van der Waals surface area (Å²) in [6, 6.07) is 6.99. The maximum absolute atomic E-state index is 12.7. The van der Waals surface area contributed by atoms with Gasteiger partial charge < -0.3 is 15.3 Å². The second-order valence-electron chi connectivity index (χ2n) is 8.04. The molecule has 2 aliphatic rings. The minimum Gasteiger partial charge on any atom is -0.481 e. The van der Waals surface area contributed by atoms with Gasteiger partial charge in [-0.25, -0.2) is 0 Å². The van der Waals surface area contributed by atoms with Gasteiger partial charge in [0.2, 0.25) is 5.91 Å². The highest BCUT2D eigenvalue weighted by Crippen LogP contribution is 2.28. The van der Waals surface area contributed by atoms with Crippen molar-refractivity contribution in [1.82, 2.24) is 5.32 Å². The number of hydrogen-bond donors (Lipinski definition) is 2. The van der Waals surface area contributed by atoms with Crippen LogP contribution in [0, 0.1) is 5.92 Å². The monoisotopic (exact) mass is 386 g/mol. The van der Waals surface area contributed by atoms with Gasteiger partial charge in [0.1, 0.15) is 0 Å². The Kier molecular flexibility index (Phi) is 7.06. The minimum atomic E-state index is -0.831. The second kappa shape index (κ2) is 9.71. The molecular formula is C22H30N2O4. The van der Waals surface area contributed by atoms with Gasteiger partial charge in [-0.2, -0.15) is 0 Å². The van der Waals surface area contributed by atoms with E-state index in [0.29, 0.717) is 24.3 Å². The Bertz CT molecular complexity index is 695. The number of hydrogen-bond acceptors (Lipinski definition) is 3. The average Bonchev–Trinajstić information content (AvgIpc) is 3.13. The van der Waals surface area contributed by atoms with Crippen LogP contribution in [0.25, 0.3) is 0 Å². The lowest BCUT2D eigenvalue weighted by Gasteiger charge is -2.27. The fourth-order valence-electron chi connectivity index (χ4n) is 4.35. The molecule has 1 aromatic carbocycles. The number of nitrogens with zero attached hydrogens (tertiary/aromatic N) is 1. The van der Waals surface area contributed by atoms with Gasteiger partial charge >= 0.3 is 5.97 Å². The van der Waals surface area contributed by atoms with Gasteiger partial charge in [-0.15, -0.1) is 0 Å². The van der Waals surface area contributed by atoms with Crippen LogP contribution in [0.4, 0.5) is 5.69 Å². The molecule has 1 atom stereocenters. The van der Waals surface area contributed by atoms with Crippen LogP contribution in [-0.4, -0.2) is 35.5 Å². The Labute approximate surface area is 166 Å². The maximum Gasteiger partial charge on any atom is 0.303 e. The third-order valence-corrected chi connectivity index (χ3v) is 5.90. The number of aliphatic carboxylic acids is 1. The van der Waals surface area contributed by atoms with Gasteiger partial charge in [0.15, 0.2) is 0 Å². The fourth-order valence-corrected chi connectivity index (χ4v) is 4.35. The predicted octanol–water partition coefficient (Wildman–Crippen LogP) is 3.75. The molecule has 1 saturated heterocycles. The largest absolute Gasteiger partial charge is 0.481 e. The van der Waals surface area contributed by atoms with Gasteiger partial charge in [-0.3, -0.25) is 14.4 Å². The number of rotatable bonds is 8. The number of anilines is 1. The molecule has 6 nitrogen and oxygen atoms in total. The van der Waals surface area contributed by atoms with Crippen LogP contribution >= 0.6 is 0 Å². The Morgan fingerprint density at radius 1 is 1.11 bits per heavy atom. The van der Waals surface area contributed by atoms with Crippen molar-refractivity contribution in [2.45, 2.75) is 70.3 Å². The summed E-state index contributed by atoms with van der Waals surface area (Å²) in [5, 5.41) is 12.1. The van der Waals surface area contributed by atoms with Gasteiger partial charge in [0.25, 0.3) is 5.91 Å². The van der Waals surface area contributed by atoms with E-state index in [1.54, 1.807) is 17.0 Å². The van der Waals surface area contributed by atoms with Gasteiger partial charge in [-0.1, -0.05) is 32.1 Å². The number of carboxylic acids is 1. The number of carbonyl (C=O) groups excluding carboxylic acids is 2. The molecule has 2 amide bonds. The normalized spacial score (nSPS) is 18.9. The van der Waals surface area contributed by atoms with E-state index >= 15 is 0 Å². The second-order valence-corrected chi connectivity index (χ2v) is 8.04. The Balaban J connectivity index is 1.61. The summed E-state index contributed by atoms with van der Waals surface area (Å²) >= 11 is 0. The first kappa shape index (κ1) is 20.4. The summed E-state index contributed by atoms with van der Waals surface area (Å²) in [5.41, 5.74) is 1.36. The highest BCUT2D eigenvalue weighted by Gasteiger charge is 2.23. The van der Waals surface area contributed by atoms with Crippen molar-refractivity contribution >= 4 is 23.5 Å². The zero-order chi connectivity index (χ0) is 19.9. The summed E-state index contributed by atoms with van der Waals surface area (Å²) in [6.07, 6.45) is 8.86. The molecule has 1 saturated carbocycles. The zero-order valence-corrected chi connectivity index (χ0v) is 16.4. The molecule has 1 unspecified atom stereocenters. The summed E-state index contributed by atoms with van der Waals surface area (Å²) in [4.78, 5) is 37.3. The van der Waals surface area contributed by atoms with E-state index in [4.69, 9.17) is 5.11 Å². The van der Waals surface area contributed by atoms with Crippen LogP contribution in [0.1, 0.15) is 74.6 Å². The molecule has 2 N–H and O–H groups in total. The van der Waals surface area contributed by atoms with E-state index in [1.165, 1.54) is 19.3 Å². The van der Waals surface area contributed by atoms with Gasteiger partial charge in [-0.05, 0) is 49.4 Å². The third kappa shape index (κ3) is 5.57. The van der Waals surface area contributed by atoms with E-state index in [0.717, 1.165) is 37.9 Å². The molecule has 0 radical (unpaired) electrons. The first-order chi connectivity index (χ1) is 13.5. The molecule has 2 fully saturated rings.